The van der Waals surface area contributed by atoms with Gasteiger partial charge in [0.15, 0.2) is 5.16 Å². The minimum absolute atomic E-state index is 0.0213. The Morgan fingerprint density at radius 3 is 2.76 bits per heavy atom. The van der Waals surface area contributed by atoms with Crippen molar-refractivity contribution in [3.05, 3.63) is 30.5 Å². The van der Waals surface area contributed by atoms with Gasteiger partial charge in [-0.15, -0.1) is 10.2 Å². The Morgan fingerprint density at radius 1 is 1.40 bits per heavy atom. The van der Waals surface area contributed by atoms with E-state index in [1.165, 1.54) is 11.8 Å². The lowest BCUT2D eigenvalue weighted by Crippen LogP contribution is -2.38. The largest absolute Gasteiger partial charge is 0.468 e. The zero-order valence-corrected chi connectivity index (χ0v) is 16.1. The van der Waals surface area contributed by atoms with Crippen LogP contribution in [0, 0.1) is 0 Å². The van der Waals surface area contributed by atoms with Crippen molar-refractivity contribution in [2.45, 2.75) is 44.9 Å². The summed E-state index contributed by atoms with van der Waals surface area (Å²) in [5.41, 5.74) is 0. The average Bonchev–Trinajstić information content (AvgIpc) is 3.28. The van der Waals surface area contributed by atoms with Gasteiger partial charge < -0.3 is 14.3 Å². The van der Waals surface area contributed by atoms with Gasteiger partial charge in [0.25, 0.3) is 0 Å². The highest BCUT2D eigenvalue weighted by atomic mass is 32.2. The fourth-order valence-electron chi connectivity index (χ4n) is 2.64. The van der Waals surface area contributed by atoms with Crippen LogP contribution in [0.25, 0.3) is 0 Å². The van der Waals surface area contributed by atoms with E-state index in [1.807, 2.05) is 16.7 Å². The number of likely N-dealkylation sites (N-methyl/N-ethyl adjacent to an activating group) is 1. The van der Waals surface area contributed by atoms with Crippen molar-refractivity contribution in [1.82, 2.24) is 25.0 Å². The number of hydrogen-bond donors (Lipinski definition) is 1. The molecule has 0 radical (unpaired) electrons. The summed E-state index contributed by atoms with van der Waals surface area (Å²) in [6.45, 7) is 10.6. The highest BCUT2D eigenvalue weighted by Gasteiger charge is 2.21. The second kappa shape index (κ2) is 9.62. The Morgan fingerprint density at radius 2 is 2.16 bits per heavy atom. The van der Waals surface area contributed by atoms with Gasteiger partial charge in [-0.1, -0.05) is 25.6 Å². The Bertz CT molecular complexity index is 637. The third-order valence-corrected chi connectivity index (χ3v) is 5.00. The Kier molecular flexibility index (Phi) is 7.52. The number of thioether (sulfide) groups is 1. The normalized spacial score (nSPS) is 12.7. The fraction of sp³-hybridized carbons (Fsp3) is 0.588. The molecule has 138 valence electrons. The molecule has 0 fully saturated rings. The maximum atomic E-state index is 12.3. The van der Waals surface area contributed by atoms with E-state index >= 15 is 0 Å². The molecule has 0 aliphatic heterocycles. The van der Waals surface area contributed by atoms with Crippen molar-refractivity contribution < 1.29 is 9.21 Å². The van der Waals surface area contributed by atoms with Crippen molar-refractivity contribution in [1.29, 1.82) is 0 Å². The standard InChI is InChI=1S/C17H27N5O2S/c1-5-21(6-2)14(15-8-7-9-24-15)10-18-16(23)11-25-17-20-19-12-22(17)13(3)4/h7-9,12-14H,5-6,10-11H2,1-4H3,(H,18,23). The van der Waals surface area contributed by atoms with E-state index in [1.54, 1.807) is 12.6 Å². The summed E-state index contributed by atoms with van der Waals surface area (Å²) >= 11 is 1.40. The average molecular weight is 366 g/mol. The van der Waals surface area contributed by atoms with E-state index in [9.17, 15) is 4.79 Å². The molecule has 2 aromatic rings. The van der Waals surface area contributed by atoms with E-state index in [0.29, 0.717) is 12.3 Å². The maximum absolute atomic E-state index is 12.3. The lowest BCUT2D eigenvalue weighted by atomic mass is 10.2. The first kappa shape index (κ1) is 19.5. The van der Waals surface area contributed by atoms with E-state index in [0.717, 1.165) is 24.0 Å². The van der Waals surface area contributed by atoms with Gasteiger partial charge >= 0.3 is 0 Å². The number of rotatable bonds is 10. The molecule has 0 aromatic carbocycles. The molecular weight excluding hydrogens is 338 g/mol. The van der Waals surface area contributed by atoms with Crippen molar-refractivity contribution in [3.8, 4) is 0 Å². The van der Waals surface area contributed by atoms with E-state index in [4.69, 9.17) is 4.42 Å². The summed E-state index contributed by atoms with van der Waals surface area (Å²) in [6, 6.07) is 4.14. The molecule has 1 N–H and O–H groups in total. The van der Waals surface area contributed by atoms with Crippen LogP contribution in [0.3, 0.4) is 0 Å². The van der Waals surface area contributed by atoms with E-state index < -0.39 is 0 Å². The van der Waals surface area contributed by atoms with Crippen LogP contribution >= 0.6 is 11.8 Å². The van der Waals surface area contributed by atoms with Crippen LogP contribution < -0.4 is 5.32 Å². The van der Waals surface area contributed by atoms with Crippen LogP contribution in [0.15, 0.2) is 34.3 Å². The Hall–Kier alpha value is -1.80. The summed E-state index contributed by atoms with van der Waals surface area (Å²) in [4.78, 5) is 14.5. The topological polar surface area (TPSA) is 76.2 Å². The Balaban J connectivity index is 1.89. The molecule has 0 aliphatic rings. The molecule has 0 bridgehead atoms. The predicted octanol–water partition coefficient (Wildman–Crippen LogP) is 2.74. The second-order valence-corrected chi connectivity index (χ2v) is 6.90. The van der Waals surface area contributed by atoms with Crippen LogP contribution in [-0.4, -0.2) is 51.0 Å². The first-order chi connectivity index (χ1) is 12.1. The van der Waals surface area contributed by atoms with E-state index in [-0.39, 0.29) is 18.0 Å². The molecule has 0 saturated heterocycles. The quantitative estimate of drug-likeness (QED) is 0.653. The first-order valence-corrected chi connectivity index (χ1v) is 9.61. The van der Waals surface area contributed by atoms with Crippen molar-refractivity contribution in [2.75, 3.05) is 25.4 Å². The maximum Gasteiger partial charge on any atom is 0.230 e. The number of hydrogen-bond acceptors (Lipinski definition) is 6. The number of furan rings is 1. The summed E-state index contributed by atoms with van der Waals surface area (Å²) in [7, 11) is 0. The highest BCUT2D eigenvalue weighted by Crippen LogP contribution is 2.21. The van der Waals surface area contributed by atoms with Crippen LogP contribution in [0.1, 0.15) is 45.5 Å². The van der Waals surface area contributed by atoms with Crippen LogP contribution in [0.5, 0.6) is 0 Å². The predicted molar refractivity (Wildman–Crippen MR) is 98.5 cm³/mol. The SMILES string of the molecule is CCN(CC)C(CNC(=O)CSc1nncn1C(C)C)c1ccco1. The molecule has 0 spiro atoms. The van der Waals surface area contributed by atoms with Crippen molar-refractivity contribution >= 4 is 17.7 Å². The molecule has 1 unspecified atom stereocenters. The smallest absolute Gasteiger partial charge is 0.230 e. The zero-order valence-electron chi connectivity index (χ0n) is 15.3. The van der Waals surface area contributed by atoms with Crippen LogP contribution in [-0.2, 0) is 4.79 Å². The van der Waals surface area contributed by atoms with Gasteiger partial charge in [0.2, 0.25) is 5.91 Å². The number of amides is 1. The number of nitrogens with one attached hydrogen (secondary N) is 1. The van der Waals surface area contributed by atoms with Gasteiger partial charge in [-0.25, -0.2) is 0 Å². The minimum atomic E-state index is -0.0213. The second-order valence-electron chi connectivity index (χ2n) is 5.96. The van der Waals surface area contributed by atoms with Gasteiger partial charge in [0, 0.05) is 12.6 Å². The number of nitrogens with zero attached hydrogens (tertiary/aromatic N) is 4. The summed E-state index contributed by atoms with van der Waals surface area (Å²) in [6.07, 6.45) is 3.36. The molecular formula is C17H27N5O2S. The number of aromatic nitrogens is 3. The molecule has 1 amide bonds. The van der Waals surface area contributed by atoms with Crippen molar-refractivity contribution in [2.24, 2.45) is 0 Å². The molecule has 2 rings (SSSR count). The lowest BCUT2D eigenvalue weighted by Gasteiger charge is -2.28. The van der Waals surface area contributed by atoms with Gasteiger partial charge in [0.05, 0.1) is 18.1 Å². The monoisotopic (exact) mass is 365 g/mol. The molecule has 2 heterocycles. The molecule has 1 atom stereocenters. The third-order valence-electron chi connectivity index (χ3n) is 4.05. The Labute approximate surface area is 153 Å². The molecule has 8 heteroatoms. The first-order valence-electron chi connectivity index (χ1n) is 8.63. The van der Waals surface area contributed by atoms with Gasteiger partial charge in [0.1, 0.15) is 12.1 Å². The van der Waals surface area contributed by atoms with Crippen LogP contribution in [0.2, 0.25) is 0 Å². The molecule has 25 heavy (non-hydrogen) atoms. The van der Waals surface area contributed by atoms with Gasteiger partial charge in [-0.2, -0.15) is 0 Å². The number of carbonyl (C=O) groups excluding carboxylic acids is 1. The molecule has 0 saturated carbocycles. The minimum Gasteiger partial charge on any atom is -0.468 e. The molecule has 2 aromatic heterocycles. The van der Waals surface area contributed by atoms with Gasteiger partial charge in [-0.3, -0.25) is 9.69 Å². The lowest BCUT2D eigenvalue weighted by molar-refractivity contribution is -0.118. The third kappa shape index (κ3) is 5.34. The number of carbonyl (C=O) groups is 1. The summed E-state index contributed by atoms with van der Waals surface area (Å²) in [5, 5.41) is 11.8. The van der Waals surface area contributed by atoms with Crippen molar-refractivity contribution in [3.63, 3.8) is 0 Å². The fourth-order valence-corrected chi connectivity index (χ4v) is 3.51. The molecule has 0 aliphatic carbocycles. The summed E-state index contributed by atoms with van der Waals surface area (Å²) in [5.74, 6) is 1.16. The highest BCUT2D eigenvalue weighted by molar-refractivity contribution is 7.99. The summed E-state index contributed by atoms with van der Waals surface area (Å²) < 4.78 is 7.51. The zero-order chi connectivity index (χ0) is 18.2. The van der Waals surface area contributed by atoms with Gasteiger partial charge in [-0.05, 0) is 39.1 Å². The molecule has 7 nitrogen and oxygen atoms in total. The van der Waals surface area contributed by atoms with Crippen LogP contribution in [0.4, 0.5) is 0 Å². The van der Waals surface area contributed by atoms with E-state index in [2.05, 4.69) is 48.1 Å².